The number of thioether (sulfide) groups is 1. The summed E-state index contributed by atoms with van der Waals surface area (Å²) in [4.78, 5) is 30.0. The van der Waals surface area contributed by atoms with Crippen molar-refractivity contribution in [1.82, 2.24) is 4.98 Å². The Morgan fingerprint density at radius 3 is 2.15 bits per heavy atom. The predicted octanol–water partition coefficient (Wildman–Crippen LogP) is 7.03. The number of thiazole rings is 1. The number of aromatic nitrogens is 1. The van der Waals surface area contributed by atoms with Crippen molar-refractivity contribution in [2.24, 2.45) is 0 Å². The second-order valence-corrected chi connectivity index (χ2v) is 10.0. The van der Waals surface area contributed by atoms with E-state index < -0.39 is 0 Å². The van der Waals surface area contributed by atoms with Gasteiger partial charge in [0.2, 0.25) is 11.8 Å². The van der Waals surface area contributed by atoms with E-state index in [9.17, 15) is 9.59 Å². The summed E-state index contributed by atoms with van der Waals surface area (Å²) in [6, 6.07) is 22.0. The Labute approximate surface area is 215 Å². The summed E-state index contributed by atoms with van der Waals surface area (Å²) in [5.74, 6) is 0.00358. The molecule has 0 atom stereocenters. The highest BCUT2D eigenvalue weighted by atomic mass is 35.5. The molecule has 0 aliphatic heterocycles. The molecule has 0 saturated carbocycles. The molecular formula is C25H19Cl2N3O2S2. The van der Waals surface area contributed by atoms with Gasteiger partial charge in [0, 0.05) is 31.6 Å². The average Bonchev–Trinajstić information content (AvgIpc) is 3.29. The van der Waals surface area contributed by atoms with E-state index >= 15 is 0 Å². The molecule has 1 aromatic heterocycles. The lowest BCUT2D eigenvalue weighted by Gasteiger charge is -2.07. The van der Waals surface area contributed by atoms with E-state index in [1.165, 1.54) is 23.1 Å². The van der Waals surface area contributed by atoms with Crippen LogP contribution in [0.1, 0.15) is 5.56 Å². The van der Waals surface area contributed by atoms with Crippen molar-refractivity contribution in [3.05, 3.63) is 93.8 Å². The number of hydrogen-bond acceptors (Lipinski definition) is 5. The van der Waals surface area contributed by atoms with Crippen LogP contribution in [0.15, 0.2) is 83.1 Å². The first-order valence-corrected chi connectivity index (χ1v) is 12.9. The number of carbonyl (C=O) groups is 2. The molecule has 0 unspecified atom stereocenters. The number of anilines is 2. The van der Waals surface area contributed by atoms with Gasteiger partial charge in [-0.25, -0.2) is 4.98 Å². The summed E-state index contributed by atoms with van der Waals surface area (Å²) in [5.41, 5.74) is 3.32. The van der Waals surface area contributed by atoms with E-state index in [0.717, 1.165) is 21.7 Å². The van der Waals surface area contributed by atoms with Gasteiger partial charge in [0.05, 0.1) is 17.9 Å². The van der Waals surface area contributed by atoms with Crippen LogP contribution >= 0.6 is 46.3 Å². The maximum atomic E-state index is 12.3. The first-order valence-electron chi connectivity index (χ1n) is 10.2. The number of nitrogens with zero attached hydrogens (tertiary/aromatic N) is 1. The molecule has 4 rings (SSSR count). The van der Waals surface area contributed by atoms with Gasteiger partial charge >= 0.3 is 0 Å². The number of halogens is 2. The van der Waals surface area contributed by atoms with Crippen molar-refractivity contribution in [2.75, 3.05) is 16.4 Å². The van der Waals surface area contributed by atoms with Crippen molar-refractivity contribution in [3.63, 3.8) is 0 Å². The summed E-state index contributed by atoms with van der Waals surface area (Å²) in [6.07, 6.45) is 0.268. The Morgan fingerprint density at radius 2 is 1.47 bits per heavy atom. The molecule has 3 aromatic carbocycles. The molecule has 0 aliphatic rings. The Kier molecular flexibility index (Phi) is 8.24. The number of nitrogens with one attached hydrogen (secondary N) is 2. The molecule has 1 heterocycles. The SMILES string of the molecule is O=C(Cc1ccc(Cl)cc1)Nc1ccc(SCC(=O)Nc2nc(-c3ccc(Cl)cc3)cs2)cc1. The smallest absolute Gasteiger partial charge is 0.236 e. The van der Waals surface area contributed by atoms with Gasteiger partial charge in [-0.1, -0.05) is 47.5 Å². The highest BCUT2D eigenvalue weighted by molar-refractivity contribution is 8.00. The van der Waals surface area contributed by atoms with Gasteiger partial charge in [-0.2, -0.15) is 0 Å². The largest absolute Gasteiger partial charge is 0.326 e. The lowest BCUT2D eigenvalue weighted by atomic mass is 10.1. The standard InChI is InChI=1S/C25H19Cl2N3O2S2/c26-18-5-1-16(2-6-18)13-23(31)28-20-9-11-21(12-10-20)33-15-24(32)30-25-29-22(14-34-25)17-3-7-19(27)8-4-17/h1-12,14H,13,15H2,(H,28,31)(H,29,30,32). The van der Waals surface area contributed by atoms with Crippen LogP contribution in [0.25, 0.3) is 11.3 Å². The molecule has 0 bridgehead atoms. The summed E-state index contributed by atoms with van der Waals surface area (Å²) in [5, 5.41) is 9.46. The highest BCUT2D eigenvalue weighted by Gasteiger charge is 2.10. The Bertz CT molecular complexity index is 1280. The minimum atomic E-state index is -0.137. The molecule has 34 heavy (non-hydrogen) atoms. The molecule has 0 aliphatic carbocycles. The normalized spacial score (nSPS) is 10.6. The molecule has 2 amide bonds. The van der Waals surface area contributed by atoms with Crippen molar-refractivity contribution in [1.29, 1.82) is 0 Å². The molecule has 0 radical (unpaired) electrons. The summed E-state index contributed by atoms with van der Waals surface area (Å²) in [7, 11) is 0. The van der Waals surface area contributed by atoms with E-state index in [1.54, 1.807) is 12.1 Å². The fourth-order valence-electron chi connectivity index (χ4n) is 3.02. The van der Waals surface area contributed by atoms with E-state index in [2.05, 4.69) is 15.6 Å². The van der Waals surface area contributed by atoms with Crippen molar-refractivity contribution in [3.8, 4) is 11.3 Å². The lowest BCUT2D eigenvalue weighted by molar-refractivity contribution is -0.115. The summed E-state index contributed by atoms with van der Waals surface area (Å²) >= 11 is 14.6. The minimum absolute atomic E-state index is 0.108. The summed E-state index contributed by atoms with van der Waals surface area (Å²) < 4.78 is 0. The fourth-order valence-corrected chi connectivity index (χ4v) is 4.70. The number of amides is 2. The zero-order valence-electron chi connectivity index (χ0n) is 17.8. The molecule has 9 heteroatoms. The van der Waals surface area contributed by atoms with Crippen molar-refractivity contribution >= 4 is 68.9 Å². The van der Waals surface area contributed by atoms with E-state index in [1.807, 2.05) is 66.0 Å². The Hall–Kier alpha value is -2.84. The van der Waals surface area contributed by atoms with Crippen LogP contribution in [0.2, 0.25) is 10.0 Å². The van der Waals surface area contributed by atoms with Crippen LogP contribution < -0.4 is 10.6 Å². The lowest BCUT2D eigenvalue weighted by Crippen LogP contribution is -2.14. The van der Waals surface area contributed by atoms with Gasteiger partial charge in [0.1, 0.15) is 0 Å². The van der Waals surface area contributed by atoms with E-state index in [0.29, 0.717) is 20.9 Å². The third-order valence-electron chi connectivity index (χ3n) is 4.68. The molecular weight excluding hydrogens is 509 g/mol. The van der Waals surface area contributed by atoms with E-state index in [4.69, 9.17) is 23.2 Å². The van der Waals surface area contributed by atoms with Crippen LogP contribution in [0.4, 0.5) is 10.8 Å². The number of benzene rings is 3. The monoisotopic (exact) mass is 527 g/mol. The second kappa shape index (κ2) is 11.5. The number of hydrogen-bond donors (Lipinski definition) is 2. The molecule has 0 spiro atoms. The molecule has 172 valence electrons. The van der Waals surface area contributed by atoms with Crippen LogP contribution in [-0.4, -0.2) is 22.6 Å². The second-order valence-electron chi connectivity index (χ2n) is 7.26. The van der Waals surface area contributed by atoms with Crippen molar-refractivity contribution in [2.45, 2.75) is 11.3 Å². The van der Waals surface area contributed by atoms with Gasteiger partial charge < -0.3 is 10.6 Å². The number of carbonyl (C=O) groups excluding carboxylic acids is 2. The quantitative estimate of drug-likeness (QED) is 0.241. The molecule has 0 saturated heterocycles. The zero-order chi connectivity index (χ0) is 23.9. The van der Waals surface area contributed by atoms with Gasteiger partial charge in [-0.15, -0.1) is 23.1 Å². The Balaban J connectivity index is 1.24. The van der Waals surface area contributed by atoms with Gasteiger partial charge in [0.25, 0.3) is 0 Å². The van der Waals surface area contributed by atoms with Gasteiger partial charge in [-0.05, 0) is 54.1 Å². The average molecular weight is 528 g/mol. The predicted molar refractivity (Wildman–Crippen MR) is 142 cm³/mol. The first-order chi connectivity index (χ1) is 16.4. The molecule has 4 aromatic rings. The third kappa shape index (κ3) is 7.08. The topological polar surface area (TPSA) is 71.1 Å². The first kappa shape index (κ1) is 24.3. The zero-order valence-corrected chi connectivity index (χ0v) is 20.9. The van der Waals surface area contributed by atoms with E-state index in [-0.39, 0.29) is 24.0 Å². The fraction of sp³-hybridized carbons (Fsp3) is 0.0800. The van der Waals surface area contributed by atoms with Gasteiger partial charge in [0.15, 0.2) is 5.13 Å². The van der Waals surface area contributed by atoms with Crippen molar-refractivity contribution < 1.29 is 9.59 Å². The van der Waals surface area contributed by atoms with Crippen LogP contribution in [0.5, 0.6) is 0 Å². The summed E-state index contributed by atoms with van der Waals surface area (Å²) in [6.45, 7) is 0. The van der Waals surface area contributed by atoms with Crippen LogP contribution in [0, 0.1) is 0 Å². The maximum absolute atomic E-state index is 12.3. The van der Waals surface area contributed by atoms with Crippen LogP contribution in [-0.2, 0) is 16.0 Å². The minimum Gasteiger partial charge on any atom is -0.326 e. The Morgan fingerprint density at radius 1 is 0.824 bits per heavy atom. The molecule has 5 nitrogen and oxygen atoms in total. The van der Waals surface area contributed by atoms with Gasteiger partial charge in [-0.3, -0.25) is 9.59 Å². The maximum Gasteiger partial charge on any atom is 0.236 e. The highest BCUT2D eigenvalue weighted by Crippen LogP contribution is 2.27. The van der Waals surface area contributed by atoms with Crippen LogP contribution in [0.3, 0.4) is 0 Å². The number of rotatable bonds is 8. The molecule has 0 fully saturated rings. The molecule has 2 N–H and O–H groups in total. The third-order valence-corrected chi connectivity index (χ3v) is 6.95.